The molecule has 0 bridgehead atoms. The van der Waals surface area contributed by atoms with Crippen LogP contribution in [-0.2, 0) is 6.61 Å². The van der Waals surface area contributed by atoms with Crippen LogP contribution in [0.3, 0.4) is 0 Å². The minimum absolute atomic E-state index is 0.458. The Morgan fingerprint density at radius 1 is 0.730 bits per heavy atom. The normalized spacial score (nSPS) is 11.5. The van der Waals surface area contributed by atoms with Crippen molar-refractivity contribution < 1.29 is 14.2 Å². The maximum Gasteiger partial charge on any atom is 0.161 e. The Hall–Kier alpha value is -3.73. The van der Waals surface area contributed by atoms with E-state index >= 15 is 0 Å². The third-order valence-electron chi connectivity index (χ3n) is 5.88. The van der Waals surface area contributed by atoms with E-state index in [1.54, 1.807) is 7.11 Å². The number of hydrogen-bond donors (Lipinski definition) is 1. The maximum absolute atomic E-state index is 7.04. The molecule has 0 fully saturated rings. The van der Waals surface area contributed by atoms with Gasteiger partial charge in [-0.15, -0.1) is 0 Å². The van der Waals surface area contributed by atoms with Crippen molar-refractivity contribution in [3.8, 4) is 17.2 Å². The Morgan fingerprint density at radius 2 is 1.41 bits per heavy atom. The molecule has 0 saturated carbocycles. The molecule has 4 nitrogen and oxygen atoms in total. The summed E-state index contributed by atoms with van der Waals surface area (Å²) in [6.07, 6.45) is 0. The highest BCUT2D eigenvalue weighted by atomic mass is 35.5. The summed E-state index contributed by atoms with van der Waals surface area (Å²) in [6, 6.07) is 34.0. The minimum atomic E-state index is 0.458. The van der Waals surface area contributed by atoms with Gasteiger partial charge in [0.1, 0.15) is 19.0 Å². The molecule has 0 amide bonds. The van der Waals surface area contributed by atoms with Gasteiger partial charge < -0.3 is 19.5 Å². The molecule has 0 aliphatic heterocycles. The number of ether oxygens (including phenoxy) is 3. The smallest absolute Gasteiger partial charge is 0.161 e. The van der Waals surface area contributed by atoms with Crippen molar-refractivity contribution in [3.63, 3.8) is 0 Å². The van der Waals surface area contributed by atoms with Crippen molar-refractivity contribution in [3.05, 3.63) is 125 Å². The van der Waals surface area contributed by atoms with Gasteiger partial charge in [0.15, 0.2) is 11.5 Å². The molecule has 0 saturated heterocycles. The van der Waals surface area contributed by atoms with Crippen LogP contribution in [0.1, 0.15) is 29.2 Å². The van der Waals surface area contributed by atoms with Crippen LogP contribution in [0.15, 0.2) is 103 Å². The predicted octanol–water partition coefficient (Wildman–Crippen LogP) is 7.42. The lowest BCUT2D eigenvalue weighted by Crippen LogP contribution is -2.20. The molecule has 4 aromatic rings. The Labute approximate surface area is 224 Å². The van der Waals surface area contributed by atoms with Gasteiger partial charge in [0.25, 0.3) is 0 Å². The molecule has 0 aromatic heterocycles. The quantitative estimate of drug-likeness (QED) is 0.158. The van der Waals surface area contributed by atoms with Crippen LogP contribution >= 0.6 is 11.6 Å². The zero-order valence-corrected chi connectivity index (χ0v) is 22.0. The van der Waals surface area contributed by atoms with Gasteiger partial charge in [-0.25, -0.2) is 0 Å². The molecule has 5 heteroatoms. The van der Waals surface area contributed by atoms with E-state index in [0.717, 1.165) is 46.7 Å². The fourth-order valence-corrected chi connectivity index (χ4v) is 4.31. The van der Waals surface area contributed by atoms with E-state index in [1.165, 1.54) is 0 Å². The van der Waals surface area contributed by atoms with Gasteiger partial charge >= 0.3 is 0 Å². The van der Waals surface area contributed by atoms with E-state index in [-0.39, 0.29) is 0 Å². The summed E-state index contributed by atoms with van der Waals surface area (Å²) in [4.78, 5) is 0. The zero-order chi connectivity index (χ0) is 25.9. The Bertz CT molecular complexity index is 1290. The summed E-state index contributed by atoms with van der Waals surface area (Å²) in [7, 11) is 1.65. The monoisotopic (exact) mass is 513 g/mol. The van der Waals surface area contributed by atoms with E-state index in [4.69, 9.17) is 25.8 Å². The fourth-order valence-electron chi connectivity index (χ4n) is 3.96. The summed E-state index contributed by atoms with van der Waals surface area (Å²) in [5, 5.41) is 3.92. The number of methoxy groups -OCH3 is 1. The first-order valence-electron chi connectivity index (χ1n) is 12.4. The van der Waals surface area contributed by atoms with Gasteiger partial charge in [-0.3, -0.25) is 0 Å². The van der Waals surface area contributed by atoms with Crippen LogP contribution in [0.2, 0.25) is 0 Å². The lowest BCUT2D eigenvalue weighted by molar-refractivity contribution is 0.284. The molecule has 1 N–H and O–H groups in total. The molecular weight excluding hydrogens is 482 g/mol. The highest BCUT2D eigenvalue weighted by molar-refractivity contribution is 6.53. The van der Waals surface area contributed by atoms with E-state index in [0.29, 0.717) is 29.7 Å². The molecular formula is C32H32ClNO3. The molecule has 0 atom stereocenters. The highest BCUT2D eigenvalue weighted by Gasteiger charge is 2.16. The summed E-state index contributed by atoms with van der Waals surface area (Å²) in [6.45, 7) is 4.88. The molecule has 190 valence electrons. The molecule has 0 aliphatic carbocycles. The first-order chi connectivity index (χ1) is 18.2. The van der Waals surface area contributed by atoms with Crippen LogP contribution in [0.25, 0.3) is 10.6 Å². The predicted molar refractivity (Wildman–Crippen MR) is 152 cm³/mol. The second kappa shape index (κ2) is 13.5. The van der Waals surface area contributed by atoms with Crippen molar-refractivity contribution in [2.24, 2.45) is 0 Å². The molecule has 4 aromatic carbocycles. The van der Waals surface area contributed by atoms with E-state index in [9.17, 15) is 0 Å². The van der Waals surface area contributed by atoms with Crippen LogP contribution in [0, 0.1) is 0 Å². The third kappa shape index (κ3) is 7.16. The molecule has 0 aliphatic rings. The summed E-state index contributed by atoms with van der Waals surface area (Å²) in [5.41, 5.74) is 4.84. The molecule has 0 radical (unpaired) electrons. The summed E-state index contributed by atoms with van der Waals surface area (Å²) >= 11 is 7.04. The lowest BCUT2D eigenvalue weighted by atomic mass is 9.95. The molecule has 0 spiro atoms. The van der Waals surface area contributed by atoms with Gasteiger partial charge in [-0.1, -0.05) is 97.4 Å². The first-order valence-corrected chi connectivity index (χ1v) is 12.8. The van der Waals surface area contributed by atoms with Gasteiger partial charge in [0, 0.05) is 12.1 Å². The number of likely N-dealkylation sites (N-methyl/N-ethyl adjacent to an activating group) is 1. The first kappa shape index (κ1) is 26.3. The number of nitrogens with one attached hydrogen (secondary N) is 1. The maximum atomic E-state index is 7.04. The Kier molecular flexibility index (Phi) is 9.64. The zero-order valence-electron chi connectivity index (χ0n) is 21.2. The van der Waals surface area contributed by atoms with Gasteiger partial charge in [-0.05, 0) is 53.1 Å². The highest BCUT2D eigenvalue weighted by Crippen LogP contribution is 2.39. The summed E-state index contributed by atoms with van der Waals surface area (Å²) in [5.74, 6) is 2.14. The number of halogens is 1. The minimum Gasteiger partial charge on any atom is -0.493 e. The van der Waals surface area contributed by atoms with Crippen molar-refractivity contribution >= 4 is 22.2 Å². The van der Waals surface area contributed by atoms with Crippen molar-refractivity contribution in [1.82, 2.24) is 5.32 Å². The number of benzene rings is 4. The second-order valence-corrected chi connectivity index (χ2v) is 8.80. The van der Waals surface area contributed by atoms with Crippen LogP contribution in [0.5, 0.6) is 17.2 Å². The van der Waals surface area contributed by atoms with Crippen LogP contribution in [0.4, 0.5) is 0 Å². The van der Waals surface area contributed by atoms with Gasteiger partial charge in [0.05, 0.1) is 12.1 Å². The SMILES string of the molecule is CCNCCOc1ccc(/C(=C(\Cl)c2ccccc2)c2ccc(OCc3ccccc3)c(OC)c2)cc1. The molecule has 0 unspecified atom stereocenters. The van der Waals surface area contributed by atoms with Crippen molar-refractivity contribution in [2.75, 3.05) is 26.8 Å². The Morgan fingerprint density at radius 3 is 2.08 bits per heavy atom. The Balaban J connectivity index is 1.66. The second-order valence-electron chi connectivity index (χ2n) is 8.42. The van der Waals surface area contributed by atoms with Gasteiger partial charge in [-0.2, -0.15) is 0 Å². The largest absolute Gasteiger partial charge is 0.493 e. The van der Waals surface area contributed by atoms with Crippen LogP contribution in [-0.4, -0.2) is 26.8 Å². The fraction of sp³-hybridized carbons (Fsp3) is 0.188. The van der Waals surface area contributed by atoms with Crippen molar-refractivity contribution in [2.45, 2.75) is 13.5 Å². The average molecular weight is 514 g/mol. The summed E-state index contributed by atoms with van der Waals surface area (Å²) < 4.78 is 17.6. The molecule has 4 rings (SSSR count). The average Bonchev–Trinajstić information content (AvgIpc) is 2.96. The number of hydrogen-bond acceptors (Lipinski definition) is 4. The van der Waals surface area contributed by atoms with Crippen molar-refractivity contribution in [1.29, 1.82) is 0 Å². The standard InChI is InChI=1S/C32H32ClNO3/c1-3-34-20-21-36-28-17-14-25(15-18-28)31(32(33)26-12-8-5-9-13-26)27-16-19-29(30(22-27)35-2)37-23-24-10-6-4-7-11-24/h4-19,22,34H,3,20-21,23H2,1-2H3/b32-31+. The lowest BCUT2D eigenvalue weighted by Gasteiger charge is -2.16. The van der Waals surface area contributed by atoms with E-state index in [2.05, 4.69) is 12.2 Å². The molecule has 0 heterocycles. The molecule has 37 heavy (non-hydrogen) atoms. The number of rotatable bonds is 12. The topological polar surface area (TPSA) is 39.7 Å². The van der Waals surface area contributed by atoms with Crippen LogP contribution < -0.4 is 19.5 Å². The van der Waals surface area contributed by atoms with E-state index in [1.807, 2.05) is 103 Å². The van der Waals surface area contributed by atoms with E-state index < -0.39 is 0 Å². The van der Waals surface area contributed by atoms with Gasteiger partial charge in [0.2, 0.25) is 0 Å². The third-order valence-corrected chi connectivity index (χ3v) is 6.28.